The first-order chi connectivity index (χ1) is 17.7. The van der Waals surface area contributed by atoms with Crippen LogP contribution in [0.4, 0.5) is 0 Å². The average Bonchev–Trinajstić information content (AvgIpc) is 2.84. The Morgan fingerprint density at radius 2 is 1.42 bits per heavy atom. The molecule has 0 heterocycles. The van der Waals surface area contributed by atoms with Crippen LogP contribution in [0.5, 0.6) is 5.75 Å². The van der Waals surface area contributed by atoms with Gasteiger partial charge in [-0.2, -0.15) is 0 Å². The summed E-state index contributed by atoms with van der Waals surface area (Å²) < 4.78 is 0. The van der Waals surface area contributed by atoms with E-state index in [1.54, 1.807) is 13.8 Å². The van der Waals surface area contributed by atoms with Gasteiger partial charge in [0.2, 0.25) is 17.7 Å². The molecule has 1 aromatic carbocycles. The van der Waals surface area contributed by atoms with Crippen LogP contribution in [0.2, 0.25) is 0 Å². The van der Waals surface area contributed by atoms with E-state index in [4.69, 9.17) is 15.9 Å². The van der Waals surface area contributed by atoms with Crippen molar-refractivity contribution in [1.82, 2.24) is 16.0 Å². The summed E-state index contributed by atoms with van der Waals surface area (Å²) in [6, 6.07) is 0.153. The Balaban J connectivity index is 3.19. The summed E-state index contributed by atoms with van der Waals surface area (Å²) in [5, 5.41) is 43.8. The number of nitrogens with two attached hydrogens (primary N) is 1. The molecular formula is C24H34N4O10. The Kier molecular flexibility index (Phi) is 12.7. The van der Waals surface area contributed by atoms with E-state index in [2.05, 4.69) is 16.0 Å². The molecule has 5 unspecified atom stereocenters. The lowest BCUT2D eigenvalue weighted by molar-refractivity contribution is -0.143. The number of phenols is 1. The molecule has 0 aliphatic heterocycles. The smallest absolute Gasteiger partial charge is 0.326 e. The van der Waals surface area contributed by atoms with Crippen molar-refractivity contribution >= 4 is 35.6 Å². The van der Waals surface area contributed by atoms with Crippen molar-refractivity contribution in [3.63, 3.8) is 0 Å². The number of hydrogen-bond acceptors (Lipinski definition) is 8. The van der Waals surface area contributed by atoms with E-state index in [0.29, 0.717) is 12.0 Å². The molecule has 0 bridgehead atoms. The maximum absolute atomic E-state index is 13.2. The van der Waals surface area contributed by atoms with E-state index < -0.39 is 85.0 Å². The molecule has 1 aromatic rings. The number of aromatic hydroxyl groups is 1. The number of benzene rings is 1. The van der Waals surface area contributed by atoms with E-state index in [9.17, 15) is 39.0 Å². The van der Waals surface area contributed by atoms with Crippen molar-refractivity contribution in [2.45, 2.75) is 70.1 Å². The van der Waals surface area contributed by atoms with Crippen LogP contribution < -0.4 is 21.7 Å². The number of hydrogen-bond donors (Lipinski definition) is 8. The lowest BCUT2D eigenvalue weighted by Gasteiger charge is -2.28. The molecule has 0 saturated heterocycles. The molecule has 0 radical (unpaired) electrons. The molecular weight excluding hydrogens is 504 g/mol. The summed E-state index contributed by atoms with van der Waals surface area (Å²) in [6.45, 7) is 3.39. The molecule has 14 nitrogen and oxygen atoms in total. The van der Waals surface area contributed by atoms with Crippen LogP contribution in [0.25, 0.3) is 0 Å². The molecule has 38 heavy (non-hydrogen) atoms. The molecule has 14 heteroatoms. The Bertz CT molecular complexity index is 1010. The summed E-state index contributed by atoms with van der Waals surface area (Å²) in [5.41, 5.74) is 6.09. The minimum atomic E-state index is -1.54. The van der Waals surface area contributed by atoms with Gasteiger partial charge in [-0.05, 0) is 30.0 Å². The molecule has 0 aliphatic rings. The number of carboxylic acids is 3. The van der Waals surface area contributed by atoms with E-state index in [1.807, 2.05) is 0 Å². The molecule has 1 rings (SSSR count). The van der Waals surface area contributed by atoms with Crippen molar-refractivity contribution in [3.05, 3.63) is 29.8 Å². The minimum Gasteiger partial charge on any atom is -0.508 e. The van der Waals surface area contributed by atoms with Crippen LogP contribution >= 0.6 is 0 Å². The fraction of sp³-hybridized carbons (Fsp3) is 0.500. The van der Waals surface area contributed by atoms with Gasteiger partial charge in [0.25, 0.3) is 0 Å². The summed E-state index contributed by atoms with van der Waals surface area (Å²) in [5.74, 6) is -7.14. The number of amides is 3. The Labute approximate surface area is 218 Å². The summed E-state index contributed by atoms with van der Waals surface area (Å²) in [6.07, 6.45) is -1.31. The van der Waals surface area contributed by atoms with Crippen LogP contribution in [0.15, 0.2) is 24.3 Å². The lowest BCUT2D eigenvalue weighted by Crippen LogP contribution is -2.59. The third-order valence-corrected chi connectivity index (χ3v) is 5.80. The van der Waals surface area contributed by atoms with Gasteiger partial charge in [0, 0.05) is 12.8 Å². The highest BCUT2D eigenvalue weighted by atomic mass is 16.4. The first-order valence-corrected chi connectivity index (χ1v) is 11.9. The minimum absolute atomic E-state index is 0.0457. The van der Waals surface area contributed by atoms with Gasteiger partial charge < -0.3 is 42.1 Å². The second kappa shape index (κ2) is 15.1. The predicted molar refractivity (Wildman–Crippen MR) is 132 cm³/mol. The fourth-order valence-electron chi connectivity index (χ4n) is 3.38. The topological polar surface area (TPSA) is 245 Å². The number of phenolic OH excluding ortho intramolecular Hbond substituents is 1. The van der Waals surface area contributed by atoms with Crippen LogP contribution in [0, 0.1) is 5.92 Å². The molecule has 0 saturated carbocycles. The van der Waals surface area contributed by atoms with Gasteiger partial charge in [-0.3, -0.25) is 24.0 Å². The number of carbonyl (C=O) groups excluding carboxylic acids is 3. The van der Waals surface area contributed by atoms with Crippen molar-refractivity contribution < 1.29 is 49.2 Å². The lowest BCUT2D eigenvalue weighted by atomic mass is 9.96. The van der Waals surface area contributed by atoms with Crippen LogP contribution in [0.1, 0.15) is 45.1 Å². The molecule has 0 spiro atoms. The Morgan fingerprint density at radius 3 is 1.92 bits per heavy atom. The molecule has 210 valence electrons. The summed E-state index contributed by atoms with van der Waals surface area (Å²) in [7, 11) is 0. The van der Waals surface area contributed by atoms with Gasteiger partial charge in [0.05, 0.1) is 12.5 Å². The van der Waals surface area contributed by atoms with E-state index >= 15 is 0 Å². The van der Waals surface area contributed by atoms with Crippen molar-refractivity contribution in [1.29, 1.82) is 0 Å². The number of carbonyl (C=O) groups is 6. The number of aliphatic carboxylic acids is 3. The van der Waals surface area contributed by atoms with Crippen molar-refractivity contribution in [2.75, 3.05) is 0 Å². The van der Waals surface area contributed by atoms with Gasteiger partial charge in [0.1, 0.15) is 23.9 Å². The zero-order valence-corrected chi connectivity index (χ0v) is 21.0. The highest BCUT2D eigenvalue weighted by Gasteiger charge is 2.33. The van der Waals surface area contributed by atoms with Gasteiger partial charge in [0.15, 0.2) is 0 Å². The normalized spacial score (nSPS) is 14.7. The number of nitrogens with one attached hydrogen (secondary N) is 3. The monoisotopic (exact) mass is 538 g/mol. The Morgan fingerprint density at radius 1 is 0.842 bits per heavy atom. The summed E-state index contributed by atoms with van der Waals surface area (Å²) in [4.78, 5) is 72.0. The molecule has 3 amide bonds. The first-order valence-electron chi connectivity index (χ1n) is 11.9. The Hall–Kier alpha value is -4.20. The van der Waals surface area contributed by atoms with Gasteiger partial charge >= 0.3 is 17.9 Å². The van der Waals surface area contributed by atoms with E-state index in [0.717, 1.165) is 0 Å². The number of rotatable bonds is 16. The van der Waals surface area contributed by atoms with Crippen LogP contribution in [-0.4, -0.2) is 80.2 Å². The zero-order valence-electron chi connectivity index (χ0n) is 21.0. The molecule has 0 aromatic heterocycles. The third-order valence-electron chi connectivity index (χ3n) is 5.80. The average molecular weight is 539 g/mol. The number of carboxylic acid groups (broad SMARTS) is 3. The highest BCUT2D eigenvalue weighted by Crippen LogP contribution is 2.14. The maximum Gasteiger partial charge on any atom is 0.326 e. The largest absolute Gasteiger partial charge is 0.508 e. The quantitative estimate of drug-likeness (QED) is 0.129. The van der Waals surface area contributed by atoms with Gasteiger partial charge in [-0.25, -0.2) is 4.79 Å². The second-order valence-electron chi connectivity index (χ2n) is 8.84. The molecule has 0 fully saturated rings. The zero-order chi connectivity index (χ0) is 29.0. The first kappa shape index (κ1) is 31.8. The van der Waals surface area contributed by atoms with Crippen LogP contribution in [-0.2, 0) is 35.2 Å². The van der Waals surface area contributed by atoms with E-state index in [1.165, 1.54) is 24.3 Å². The second-order valence-corrected chi connectivity index (χ2v) is 8.84. The molecule has 9 N–H and O–H groups in total. The maximum atomic E-state index is 13.2. The summed E-state index contributed by atoms with van der Waals surface area (Å²) >= 11 is 0. The van der Waals surface area contributed by atoms with Crippen molar-refractivity contribution in [3.8, 4) is 5.75 Å². The standard InChI is InChI=1S/C24H34N4O10/c1-3-12(2)20(28-21(34)15(25)11-19(32)33)23(36)27-17(10-13-4-6-14(29)7-5-13)22(35)26-16(24(37)38)8-9-18(30)31/h4-7,12,15-17,20,29H,3,8-11,25H2,1-2H3,(H,26,35)(H,27,36)(H,28,34)(H,30,31)(H,32,33)(H,37,38). The third kappa shape index (κ3) is 10.8. The molecule has 0 aliphatic carbocycles. The van der Waals surface area contributed by atoms with E-state index in [-0.39, 0.29) is 12.2 Å². The fourth-order valence-corrected chi connectivity index (χ4v) is 3.38. The van der Waals surface area contributed by atoms with Gasteiger partial charge in [-0.1, -0.05) is 32.4 Å². The highest BCUT2D eigenvalue weighted by molar-refractivity contribution is 5.95. The van der Waals surface area contributed by atoms with Gasteiger partial charge in [-0.15, -0.1) is 0 Å². The van der Waals surface area contributed by atoms with Crippen LogP contribution in [0.3, 0.4) is 0 Å². The van der Waals surface area contributed by atoms with Crippen molar-refractivity contribution in [2.24, 2.45) is 11.7 Å². The SMILES string of the molecule is CCC(C)C(NC(=O)C(N)CC(=O)O)C(=O)NC(Cc1ccc(O)cc1)C(=O)NC(CCC(=O)O)C(=O)O. The predicted octanol–water partition coefficient (Wildman–Crippen LogP) is -0.813. The molecule has 5 atom stereocenters.